The maximum absolute atomic E-state index is 15.3. The number of hydrogen-bond acceptors (Lipinski definition) is 5. The molecule has 14 heteroatoms. The van der Waals surface area contributed by atoms with E-state index in [2.05, 4.69) is 22.2 Å². The molecule has 8 nitrogen and oxygen atoms in total. The lowest BCUT2D eigenvalue weighted by Gasteiger charge is -2.17. The van der Waals surface area contributed by atoms with Gasteiger partial charge in [0.15, 0.2) is 23.3 Å². The first kappa shape index (κ1) is 24.1. The van der Waals surface area contributed by atoms with Gasteiger partial charge in [-0.1, -0.05) is 6.08 Å². The molecule has 4 N–H and O–H groups in total. The Hall–Kier alpha value is -3.24. The second kappa shape index (κ2) is 11.9. The van der Waals surface area contributed by atoms with Crippen molar-refractivity contribution in [3.63, 3.8) is 0 Å². The third-order valence-corrected chi connectivity index (χ3v) is 6.24. The highest BCUT2D eigenvalue weighted by molar-refractivity contribution is 14.1. The van der Waals surface area contributed by atoms with Gasteiger partial charge in [-0.25, -0.2) is 27.3 Å². The summed E-state index contributed by atoms with van der Waals surface area (Å²) < 4.78 is 108. The van der Waals surface area contributed by atoms with E-state index < -0.39 is 75.4 Å². The van der Waals surface area contributed by atoms with Crippen molar-refractivity contribution in [3.8, 4) is 0 Å². The number of carbonyl (C=O) groups is 1. The Morgan fingerprint density at radius 1 is 1.14 bits per heavy atom. The molecule has 0 spiro atoms. The molecule has 0 aliphatic carbocycles. The summed E-state index contributed by atoms with van der Waals surface area (Å²) in [6.45, 7) is 0.288. The summed E-state index contributed by atoms with van der Waals surface area (Å²) in [6.07, 6.45) is 1.60. The molecule has 196 valence electrons. The summed E-state index contributed by atoms with van der Waals surface area (Å²) in [5.41, 5.74) is -2.24. The van der Waals surface area contributed by atoms with Gasteiger partial charge in [0.2, 0.25) is 0 Å². The zero-order valence-corrected chi connectivity index (χ0v) is 21.6. The molecule has 3 aromatic rings. The molecule has 0 saturated heterocycles. The van der Waals surface area contributed by atoms with Crippen LogP contribution in [0.1, 0.15) is 25.6 Å². The highest BCUT2D eigenvalue weighted by Crippen LogP contribution is 2.32. The van der Waals surface area contributed by atoms with Crippen LogP contribution in [0, 0.1) is 26.8 Å². The Kier molecular flexibility index (Phi) is 7.74. The van der Waals surface area contributed by atoms with Crippen LogP contribution < -0.4 is 20.1 Å². The molecule has 1 amide bonds. The Balaban J connectivity index is 2.05. The number of benzene rings is 2. The van der Waals surface area contributed by atoms with Gasteiger partial charge in [-0.3, -0.25) is 9.52 Å². The number of amides is 1. The zero-order valence-electron chi connectivity index (χ0n) is 21.6. The average Bonchev–Trinajstić information content (AvgIpc) is 2.84. The zero-order chi connectivity index (χ0) is 29.8. The van der Waals surface area contributed by atoms with Gasteiger partial charge < -0.3 is 10.6 Å². The van der Waals surface area contributed by atoms with Crippen LogP contribution in [-0.2, 0) is 16.6 Å². The summed E-state index contributed by atoms with van der Waals surface area (Å²) in [5, 5.41) is 4.80. The van der Waals surface area contributed by atoms with Crippen LogP contribution in [0.3, 0.4) is 0 Å². The summed E-state index contributed by atoms with van der Waals surface area (Å²) in [6, 6.07) is 5.88. The lowest BCUT2D eigenvalue weighted by atomic mass is 9.99. The Morgan fingerprint density at radius 2 is 1.89 bits per heavy atom. The van der Waals surface area contributed by atoms with Crippen molar-refractivity contribution in [3.05, 3.63) is 92.7 Å². The van der Waals surface area contributed by atoms with Crippen LogP contribution >= 0.6 is 22.6 Å². The van der Waals surface area contributed by atoms with E-state index in [4.69, 9.17) is 4.11 Å². The molecule has 0 radical (unpaired) electrons. The van der Waals surface area contributed by atoms with E-state index >= 15 is 13.2 Å². The molecular formula is C23H20F4IN5O3S. The molecule has 37 heavy (non-hydrogen) atoms. The minimum atomic E-state index is -4.79. The van der Waals surface area contributed by atoms with Crippen molar-refractivity contribution < 1.29 is 34.9 Å². The first-order valence-corrected chi connectivity index (χ1v) is 12.7. The van der Waals surface area contributed by atoms with Gasteiger partial charge in [-0.2, -0.15) is 8.42 Å². The third-order valence-electron chi connectivity index (χ3n) is 4.84. The number of nitrogens with one attached hydrogen (secondary N) is 4. The van der Waals surface area contributed by atoms with Crippen LogP contribution in [-0.4, -0.2) is 32.8 Å². The molecule has 0 unspecified atom stereocenters. The Bertz CT molecular complexity index is 1580. The second-order valence-electron chi connectivity index (χ2n) is 7.35. The number of rotatable bonds is 10. The number of nitrogens with zero attached hydrogens (tertiary/aromatic N) is 1. The fourth-order valence-electron chi connectivity index (χ4n) is 3.14. The van der Waals surface area contributed by atoms with Gasteiger partial charge in [0.05, 0.1) is 16.9 Å². The predicted octanol–water partition coefficient (Wildman–Crippen LogP) is 4.37. The number of hydrogen-bond donors (Lipinski definition) is 4. The number of anilines is 3. The van der Waals surface area contributed by atoms with Gasteiger partial charge in [0.25, 0.3) is 16.1 Å². The number of halogens is 5. The standard InChI is InChI=1S/C23H20F4IN5O3S/c1-3-7-31-23(34)15-10-13(9-12-6-8-30-22(19(12)26)33-37(35,36)29-2)18(25)20(27)21(15)32-17-5-4-14(28)11-16(17)24/h3-6,8,10-11,29,32H,1,7,9H2,2H3,(H,30,33)(H,31,34)/i2D3. The van der Waals surface area contributed by atoms with Crippen LogP contribution in [0.4, 0.5) is 34.8 Å². The third kappa shape index (κ3) is 6.75. The molecular weight excluding hydrogens is 629 g/mol. The van der Waals surface area contributed by atoms with Gasteiger partial charge in [-0.15, -0.1) is 6.58 Å². The van der Waals surface area contributed by atoms with Crippen LogP contribution in [0.2, 0.25) is 0 Å². The summed E-state index contributed by atoms with van der Waals surface area (Å²) in [5.74, 6) is -6.94. The maximum atomic E-state index is 15.3. The monoisotopic (exact) mass is 652 g/mol. The van der Waals surface area contributed by atoms with Crippen molar-refractivity contribution in [2.24, 2.45) is 0 Å². The minimum Gasteiger partial charge on any atom is -0.350 e. The Morgan fingerprint density at radius 3 is 2.57 bits per heavy atom. The van der Waals surface area contributed by atoms with E-state index in [1.54, 1.807) is 4.72 Å². The molecule has 0 fully saturated rings. The minimum absolute atomic E-state index is 0.0444. The smallest absolute Gasteiger partial charge is 0.300 e. The van der Waals surface area contributed by atoms with E-state index in [0.717, 1.165) is 24.4 Å². The molecule has 0 atom stereocenters. The fraction of sp³-hybridized carbons (Fsp3) is 0.130. The van der Waals surface area contributed by atoms with Gasteiger partial charge >= 0.3 is 0 Å². The van der Waals surface area contributed by atoms with Crippen molar-refractivity contribution in [1.82, 2.24) is 15.0 Å². The highest BCUT2D eigenvalue weighted by atomic mass is 127. The van der Waals surface area contributed by atoms with Crippen LogP contribution in [0.25, 0.3) is 0 Å². The first-order chi connectivity index (χ1) is 18.6. The molecule has 0 aliphatic rings. The molecule has 0 aliphatic heterocycles. The van der Waals surface area contributed by atoms with Crippen LogP contribution in [0.5, 0.6) is 0 Å². The summed E-state index contributed by atoms with van der Waals surface area (Å²) >= 11 is 1.85. The molecule has 0 saturated carbocycles. The van der Waals surface area contributed by atoms with Crippen molar-refractivity contribution in [2.45, 2.75) is 6.42 Å². The number of carbonyl (C=O) groups excluding carboxylic acids is 1. The molecule has 2 aromatic carbocycles. The van der Waals surface area contributed by atoms with E-state index in [1.165, 1.54) is 22.9 Å². The topological polar surface area (TPSA) is 112 Å². The molecule has 1 heterocycles. The normalized spacial score (nSPS) is 12.7. The maximum Gasteiger partial charge on any atom is 0.300 e. The van der Waals surface area contributed by atoms with E-state index in [1.807, 2.05) is 22.6 Å². The lowest BCUT2D eigenvalue weighted by Crippen LogP contribution is -2.27. The highest BCUT2D eigenvalue weighted by Gasteiger charge is 2.25. The number of aromatic nitrogens is 1. The predicted molar refractivity (Wildman–Crippen MR) is 140 cm³/mol. The van der Waals surface area contributed by atoms with E-state index in [9.17, 15) is 17.6 Å². The van der Waals surface area contributed by atoms with Crippen molar-refractivity contribution in [1.29, 1.82) is 0 Å². The fourth-order valence-corrected chi connectivity index (χ4v) is 4.04. The molecule has 0 bridgehead atoms. The quantitative estimate of drug-likeness (QED) is 0.148. The van der Waals surface area contributed by atoms with Crippen molar-refractivity contribution >= 4 is 55.9 Å². The van der Waals surface area contributed by atoms with Gasteiger partial charge in [-0.05, 0) is 64.0 Å². The summed E-state index contributed by atoms with van der Waals surface area (Å²) in [4.78, 5) is 16.3. The average molecular weight is 652 g/mol. The second-order valence-corrected chi connectivity index (χ2v) is 10.0. The molecule has 1 aromatic heterocycles. The lowest BCUT2D eigenvalue weighted by molar-refractivity contribution is 0.0958. The first-order valence-electron chi connectivity index (χ1n) is 11.7. The molecule has 3 rings (SSSR count). The van der Waals surface area contributed by atoms with Crippen LogP contribution in [0.15, 0.2) is 49.2 Å². The number of pyridine rings is 1. The van der Waals surface area contributed by atoms with Gasteiger partial charge in [0, 0.05) is 33.8 Å². The SMILES string of the molecule is [2H]C([2H])([2H])NS(=O)(=O)Nc1nccc(Cc2cc(C(=O)NCC=C)c(Nc3ccc(I)cc3F)c(F)c2F)c1F. The van der Waals surface area contributed by atoms with E-state index in [0.29, 0.717) is 3.57 Å². The van der Waals surface area contributed by atoms with Crippen molar-refractivity contribution in [2.75, 3.05) is 23.6 Å². The van der Waals surface area contributed by atoms with Gasteiger partial charge in [0.1, 0.15) is 5.82 Å². The van der Waals surface area contributed by atoms with E-state index in [-0.39, 0.29) is 17.8 Å². The summed E-state index contributed by atoms with van der Waals surface area (Å²) in [7, 11) is -4.79. The largest absolute Gasteiger partial charge is 0.350 e. The Labute approximate surface area is 228 Å².